The number of rotatable bonds is 1. The molecule has 0 saturated carbocycles. The molecule has 0 bridgehead atoms. The third kappa shape index (κ3) is 1.77. The first-order valence-electron chi connectivity index (χ1n) is 4.93. The molecule has 1 aromatic heterocycles. The van der Waals surface area contributed by atoms with E-state index in [0.29, 0.717) is 26.1 Å². The van der Waals surface area contributed by atoms with Crippen LogP contribution in [0.1, 0.15) is 23.3 Å². The third-order valence-electron chi connectivity index (χ3n) is 2.88. The van der Waals surface area contributed by atoms with Crippen LogP contribution in [0.2, 0.25) is 0 Å². The first kappa shape index (κ1) is 10.6. The van der Waals surface area contributed by atoms with Crippen LogP contribution in [0, 0.1) is 23.4 Å². The van der Waals surface area contributed by atoms with Crippen LogP contribution in [0.4, 0.5) is 4.39 Å². The van der Waals surface area contributed by atoms with Crippen LogP contribution in [-0.2, 0) is 10.2 Å². The van der Waals surface area contributed by atoms with E-state index in [0.717, 1.165) is 21.8 Å². The minimum Gasteiger partial charge on any atom is -0.381 e. The Bertz CT molecular complexity index is 401. The number of hydrogen-bond donors (Lipinski definition) is 0. The van der Waals surface area contributed by atoms with Crippen LogP contribution < -0.4 is 0 Å². The predicted octanol–water partition coefficient (Wildman–Crippen LogP) is 2.77. The molecule has 0 amide bonds. The topological polar surface area (TPSA) is 33.0 Å². The Balaban J connectivity index is 2.41. The molecule has 0 N–H and O–H groups in total. The standard InChI is InChI=1S/C11H12FNOS/c1-8-6-9(12)15-10(8)11(7-13)2-4-14-5-3-11/h6H,2-5H2,1H3. The van der Waals surface area contributed by atoms with E-state index in [9.17, 15) is 9.65 Å². The molecular formula is C11H12FNOS. The number of ether oxygens (including phenoxy) is 1. The molecule has 1 fully saturated rings. The van der Waals surface area contributed by atoms with E-state index in [1.807, 2.05) is 6.92 Å². The number of hydrogen-bond acceptors (Lipinski definition) is 3. The largest absolute Gasteiger partial charge is 0.381 e. The molecule has 2 rings (SSSR count). The fourth-order valence-corrected chi connectivity index (χ4v) is 3.12. The van der Waals surface area contributed by atoms with Crippen molar-refractivity contribution < 1.29 is 9.13 Å². The van der Waals surface area contributed by atoms with Crippen molar-refractivity contribution in [3.05, 3.63) is 21.6 Å². The van der Waals surface area contributed by atoms with Crippen LogP contribution in [-0.4, -0.2) is 13.2 Å². The summed E-state index contributed by atoms with van der Waals surface area (Å²) in [5.41, 5.74) is 0.373. The Kier molecular flexibility index (Phi) is 2.76. The highest BCUT2D eigenvalue weighted by molar-refractivity contribution is 7.10. The lowest BCUT2D eigenvalue weighted by atomic mass is 9.79. The monoisotopic (exact) mass is 225 g/mol. The molecule has 1 aliphatic heterocycles. The Labute approximate surface area is 92.3 Å². The molecule has 80 valence electrons. The van der Waals surface area contributed by atoms with Gasteiger partial charge in [0.2, 0.25) is 0 Å². The zero-order valence-electron chi connectivity index (χ0n) is 8.55. The van der Waals surface area contributed by atoms with Gasteiger partial charge in [-0.2, -0.15) is 9.65 Å². The smallest absolute Gasteiger partial charge is 0.176 e. The molecule has 2 nitrogen and oxygen atoms in total. The summed E-state index contributed by atoms with van der Waals surface area (Å²) in [7, 11) is 0. The summed E-state index contributed by atoms with van der Waals surface area (Å²) in [6.07, 6.45) is 1.34. The minimum atomic E-state index is -0.517. The van der Waals surface area contributed by atoms with Gasteiger partial charge in [-0.3, -0.25) is 0 Å². The predicted molar refractivity (Wildman–Crippen MR) is 56.4 cm³/mol. The molecule has 0 spiro atoms. The van der Waals surface area contributed by atoms with Crippen molar-refractivity contribution in [3.8, 4) is 6.07 Å². The zero-order chi connectivity index (χ0) is 10.9. The quantitative estimate of drug-likeness (QED) is 0.736. The Hall–Kier alpha value is -0.920. The van der Waals surface area contributed by atoms with E-state index < -0.39 is 5.41 Å². The molecule has 4 heteroatoms. The van der Waals surface area contributed by atoms with E-state index in [1.54, 1.807) is 0 Å². The highest BCUT2D eigenvalue weighted by Crippen LogP contribution is 2.40. The molecule has 0 aromatic carbocycles. The molecule has 1 aromatic rings. The van der Waals surface area contributed by atoms with Crippen molar-refractivity contribution >= 4 is 11.3 Å². The van der Waals surface area contributed by atoms with E-state index >= 15 is 0 Å². The van der Waals surface area contributed by atoms with Gasteiger partial charge < -0.3 is 4.74 Å². The lowest BCUT2D eigenvalue weighted by Gasteiger charge is -2.30. The summed E-state index contributed by atoms with van der Waals surface area (Å²) < 4.78 is 18.4. The van der Waals surface area contributed by atoms with Crippen LogP contribution in [0.15, 0.2) is 6.07 Å². The first-order valence-corrected chi connectivity index (χ1v) is 5.75. The number of thiophene rings is 1. The van der Waals surface area contributed by atoms with Gasteiger partial charge in [-0.25, -0.2) is 0 Å². The summed E-state index contributed by atoms with van der Waals surface area (Å²) in [6.45, 7) is 3.04. The molecule has 2 heterocycles. The van der Waals surface area contributed by atoms with Gasteiger partial charge in [0, 0.05) is 18.1 Å². The van der Waals surface area contributed by atoms with Gasteiger partial charge in [0.15, 0.2) is 5.13 Å². The number of nitriles is 1. The maximum Gasteiger partial charge on any atom is 0.176 e. The summed E-state index contributed by atoms with van der Waals surface area (Å²) in [4.78, 5) is 0.880. The summed E-state index contributed by atoms with van der Waals surface area (Å²) in [6, 6.07) is 3.86. The third-order valence-corrected chi connectivity index (χ3v) is 4.11. The summed E-state index contributed by atoms with van der Waals surface area (Å²) >= 11 is 1.10. The van der Waals surface area contributed by atoms with Crippen LogP contribution in [0.25, 0.3) is 0 Å². The van der Waals surface area contributed by atoms with Crippen molar-refractivity contribution in [1.29, 1.82) is 5.26 Å². The van der Waals surface area contributed by atoms with Gasteiger partial charge in [-0.15, -0.1) is 11.3 Å². The fourth-order valence-electron chi connectivity index (χ4n) is 2.03. The van der Waals surface area contributed by atoms with Gasteiger partial charge in [0.25, 0.3) is 0 Å². The highest BCUT2D eigenvalue weighted by atomic mass is 32.1. The van der Waals surface area contributed by atoms with E-state index in [-0.39, 0.29) is 5.13 Å². The Morgan fingerprint density at radius 2 is 2.20 bits per heavy atom. The Morgan fingerprint density at radius 3 is 2.67 bits per heavy atom. The van der Waals surface area contributed by atoms with Gasteiger partial charge in [0.1, 0.15) is 0 Å². The SMILES string of the molecule is Cc1cc(F)sc1C1(C#N)CCOCC1. The molecule has 0 atom stereocenters. The van der Waals surface area contributed by atoms with E-state index in [1.165, 1.54) is 6.07 Å². The van der Waals surface area contributed by atoms with Crippen molar-refractivity contribution in [2.45, 2.75) is 25.2 Å². The highest BCUT2D eigenvalue weighted by Gasteiger charge is 2.37. The molecule has 0 unspecified atom stereocenters. The summed E-state index contributed by atoms with van der Waals surface area (Å²) in [5, 5.41) is 9.10. The number of nitrogens with zero attached hydrogens (tertiary/aromatic N) is 1. The van der Waals surface area contributed by atoms with Gasteiger partial charge in [-0.05, 0) is 31.4 Å². The van der Waals surface area contributed by atoms with Crippen LogP contribution in [0.5, 0.6) is 0 Å². The van der Waals surface area contributed by atoms with E-state index in [4.69, 9.17) is 4.74 Å². The maximum atomic E-state index is 13.1. The second-order valence-electron chi connectivity index (χ2n) is 3.87. The molecule has 1 aliphatic rings. The van der Waals surface area contributed by atoms with Crippen LogP contribution in [0.3, 0.4) is 0 Å². The lowest BCUT2D eigenvalue weighted by Crippen LogP contribution is -2.32. The maximum absolute atomic E-state index is 13.1. The number of halogens is 1. The van der Waals surface area contributed by atoms with Crippen molar-refractivity contribution in [1.82, 2.24) is 0 Å². The average Bonchev–Trinajstić information content (AvgIpc) is 2.59. The average molecular weight is 225 g/mol. The summed E-state index contributed by atoms with van der Waals surface area (Å²) in [5.74, 6) is 0. The first-order chi connectivity index (χ1) is 7.18. The number of aryl methyl sites for hydroxylation is 1. The van der Waals surface area contributed by atoms with Crippen LogP contribution >= 0.6 is 11.3 Å². The zero-order valence-corrected chi connectivity index (χ0v) is 9.36. The molecule has 0 radical (unpaired) electrons. The van der Waals surface area contributed by atoms with Crippen molar-refractivity contribution in [2.24, 2.45) is 0 Å². The Morgan fingerprint density at radius 1 is 1.53 bits per heavy atom. The second-order valence-corrected chi connectivity index (χ2v) is 4.87. The van der Waals surface area contributed by atoms with Gasteiger partial charge >= 0.3 is 0 Å². The normalized spacial score (nSPS) is 19.8. The fraction of sp³-hybridized carbons (Fsp3) is 0.545. The molecule has 1 saturated heterocycles. The minimum absolute atomic E-state index is 0.205. The molecule has 15 heavy (non-hydrogen) atoms. The lowest BCUT2D eigenvalue weighted by molar-refractivity contribution is 0.0683. The molecular weight excluding hydrogens is 213 g/mol. The molecule has 0 aliphatic carbocycles. The van der Waals surface area contributed by atoms with E-state index in [2.05, 4.69) is 6.07 Å². The van der Waals surface area contributed by atoms with Gasteiger partial charge in [0.05, 0.1) is 11.5 Å². The van der Waals surface area contributed by atoms with Gasteiger partial charge in [-0.1, -0.05) is 0 Å². The second kappa shape index (κ2) is 3.92. The van der Waals surface area contributed by atoms with Crippen molar-refractivity contribution in [3.63, 3.8) is 0 Å². The van der Waals surface area contributed by atoms with Crippen molar-refractivity contribution in [2.75, 3.05) is 13.2 Å².